The van der Waals surface area contributed by atoms with Gasteiger partial charge in [0.25, 0.3) is 0 Å². The Labute approximate surface area is 111 Å². The van der Waals surface area contributed by atoms with E-state index in [1.54, 1.807) is 0 Å². The van der Waals surface area contributed by atoms with Crippen molar-refractivity contribution in [3.05, 3.63) is 0 Å². The van der Waals surface area contributed by atoms with Crippen LogP contribution in [-0.2, 0) is 0 Å². The highest BCUT2D eigenvalue weighted by atomic mass is 16.2. The maximum Gasteiger partial charge on any atom is 0.317 e. The number of carbonyl (C=O) groups excluding carboxylic acids is 1. The molecule has 0 saturated carbocycles. The van der Waals surface area contributed by atoms with E-state index < -0.39 is 0 Å². The molecule has 1 rings (SSSR count). The average molecular weight is 255 g/mol. The zero-order valence-electron chi connectivity index (χ0n) is 12.0. The fraction of sp³-hybridized carbons (Fsp3) is 0.929. The van der Waals surface area contributed by atoms with E-state index in [0.717, 1.165) is 51.9 Å². The van der Waals surface area contributed by atoms with Crippen molar-refractivity contribution in [2.75, 3.05) is 26.2 Å². The highest BCUT2D eigenvalue weighted by Crippen LogP contribution is 2.20. The predicted octanol–water partition coefficient (Wildman–Crippen LogP) is 2.34. The average Bonchev–Trinajstić information content (AvgIpc) is 2.62. The Bertz CT molecular complexity index is 245. The summed E-state index contributed by atoms with van der Waals surface area (Å²) in [6, 6.07) is 0.109. The highest BCUT2D eigenvalue weighted by molar-refractivity contribution is 5.74. The van der Waals surface area contributed by atoms with Gasteiger partial charge >= 0.3 is 6.03 Å². The Morgan fingerprint density at radius 3 is 2.39 bits per heavy atom. The van der Waals surface area contributed by atoms with Gasteiger partial charge in [0.15, 0.2) is 0 Å². The Morgan fingerprint density at radius 1 is 1.22 bits per heavy atom. The van der Waals surface area contributed by atoms with Crippen molar-refractivity contribution in [3.63, 3.8) is 0 Å². The maximum absolute atomic E-state index is 12.1. The van der Waals surface area contributed by atoms with E-state index in [0.29, 0.717) is 0 Å². The van der Waals surface area contributed by atoms with Crippen molar-refractivity contribution in [2.45, 2.75) is 52.4 Å². The van der Waals surface area contributed by atoms with E-state index in [2.05, 4.69) is 19.2 Å². The monoisotopic (exact) mass is 255 g/mol. The van der Waals surface area contributed by atoms with Crippen molar-refractivity contribution in [1.29, 1.82) is 0 Å². The number of hydrogen-bond acceptors (Lipinski definition) is 2. The van der Waals surface area contributed by atoms with Gasteiger partial charge in [-0.2, -0.15) is 0 Å². The molecule has 0 aromatic heterocycles. The lowest BCUT2D eigenvalue weighted by Crippen LogP contribution is -2.44. The van der Waals surface area contributed by atoms with Crippen molar-refractivity contribution in [1.82, 2.24) is 10.2 Å². The van der Waals surface area contributed by atoms with Gasteiger partial charge < -0.3 is 16.0 Å². The van der Waals surface area contributed by atoms with Crippen LogP contribution in [0.2, 0.25) is 0 Å². The number of urea groups is 1. The number of carbonyl (C=O) groups is 1. The molecule has 0 aliphatic carbocycles. The summed E-state index contributed by atoms with van der Waals surface area (Å²) in [5.41, 5.74) is 5.67. The van der Waals surface area contributed by atoms with Crippen molar-refractivity contribution < 1.29 is 4.79 Å². The van der Waals surface area contributed by atoms with E-state index >= 15 is 0 Å². The van der Waals surface area contributed by atoms with Crippen LogP contribution < -0.4 is 11.1 Å². The molecule has 2 amide bonds. The van der Waals surface area contributed by atoms with Crippen molar-refractivity contribution >= 4 is 6.03 Å². The number of hydrogen-bond donors (Lipinski definition) is 2. The Balaban J connectivity index is 2.30. The summed E-state index contributed by atoms with van der Waals surface area (Å²) in [7, 11) is 0. The minimum absolute atomic E-state index is 0.109. The summed E-state index contributed by atoms with van der Waals surface area (Å²) >= 11 is 0. The van der Waals surface area contributed by atoms with Crippen molar-refractivity contribution in [2.24, 2.45) is 11.1 Å². The summed E-state index contributed by atoms with van der Waals surface area (Å²) in [4.78, 5) is 14.0. The fourth-order valence-electron chi connectivity index (χ4n) is 2.37. The van der Waals surface area contributed by atoms with Gasteiger partial charge in [-0.3, -0.25) is 0 Å². The number of nitrogens with one attached hydrogen (secondary N) is 1. The zero-order chi connectivity index (χ0) is 13.4. The SMILES string of the molecule is CC(C)(CCCN)CNC(=O)N1CCCCCC1. The standard InChI is InChI=1S/C14H29N3O/c1-14(2,8-7-9-15)12-16-13(18)17-10-5-3-4-6-11-17/h3-12,15H2,1-2H3,(H,16,18). The summed E-state index contributed by atoms with van der Waals surface area (Å²) in [6.07, 6.45) is 6.88. The van der Waals surface area contributed by atoms with Crippen LogP contribution in [0.25, 0.3) is 0 Å². The highest BCUT2D eigenvalue weighted by Gasteiger charge is 2.20. The van der Waals surface area contributed by atoms with E-state index in [4.69, 9.17) is 5.73 Å². The van der Waals surface area contributed by atoms with Gasteiger partial charge in [-0.25, -0.2) is 4.79 Å². The first-order valence-electron chi connectivity index (χ1n) is 7.28. The normalized spacial score (nSPS) is 17.4. The molecule has 1 heterocycles. The van der Waals surface area contributed by atoms with Gasteiger partial charge in [0, 0.05) is 19.6 Å². The Kier molecular flexibility index (Phi) is 6.47. The van der Waals surface area contributed by atoms with E-state index in [-0.39, 0.29) is 11.4 Å². The quantitative estimate of drug-likeness (QED) is 0.792. The largest absolute Gasteiger partial charge is 0.337 e. The van der Waals surface area contributed by atoms with Crippen LogP contribution in [0.4, 0.5) is 4.79 Å². The summed E-state index contributed by atoms with van der Waals surface area (Å²) in [5, 5.41) is 3.08. The molecule has 1 aliphatic rings. The van der Waals surface area contributed by atoms with Crippen LogP contribution in [0.3, 0.4) is 0 Å². The molecule has 4 heteroatoms. The Morgan fingerprint density at radius 2 is 1.83 bits per heavy atom. The van der Waals surface area contributed by atoms with Gasteiger partial charge in [0.2, 0.25) is 0 Å². The third-order valence-electron chi connectivity index (χ3n) is 3.67. The van der Waals surface area contributed by atoms with Gasteiger partial charge in [-0.1, -0.05) is 26.7 Å². The van der Waals surface area contributed by atoms with Gasteiger partial charge in [-0.15, -0.1) is 0 Å². The summed E-state index contributed by atoms with van der Waals surface area (Å²) in [5.74, 6) is 0. The third kappa shape index (κ3) is 5.71. The minimum Gasteiger partial charge on any atom is -0.337 e. The lowest BCUT2D eigenvalue weighted by atomic mass is 9.88. The van der Waals surface area contributed by atoms with E-state index in [9.17, 15) is 4.79 Å². The number of rotatable bonds is 5. The molecule has 0 atom stereocenters. The lowest BCUT2D eigenvalue weighted by Gasteiger charge is -2.27. The smallest absolute Gasteiger partial charge is 0.317 e. The summed E-state index contributed by atoms with van der Waals surface area (Å²) in [6.45, 7) is 7.66. The minimum atomic E-state index is 0.109. The number of nitrogens with two attached hydrogens (primary N) is 1. The molecule has 0 unspecified atom stereocenters. The molecule has 0 spiro atoms. The molecule has 106 valence electrons. The van der Waals surface area contributed by atoms with Crippen LogP contribution >= 0.6 is 0 Å². The molecular formula is C14H29N3O. The van der Waals surface area contributed by atoms with Crippen LogP contribution in [0.5, 0.6) is 0 Å². The van der Waals surface area contributed by atoms with Crippen LogP contribution in [0, 0.1) is 5.41 Å². The number of likely N-dealkylation sites (tertiary alicyclic amines) is 1. The maximum atomic E-state index is 12.1. The number of nitrogens with zero attached hydrogens (tertiary/aromatic N) is 1. The molecule has 0 bridgehead atoms. The first-order chi connectivity index (χ1) is 8.55. The van der Waals surface area contributed by atoms with Gasteiger partial charge in [0.05, 0.1) is 0 Å². The number of amides is 2. The lowest BCUT2D eigenvalue weighted by molar-refractivity contribution is 0.192. The topological polar surface area (TPSA) is 58.4 Å². The molecule has 0 aromatic rings. The first-order valence-corrected chi connectivity index (χ1v) is 7.28. The van der Waals surface area contributed by atoms with Crippen LogP contribution in [0.1, 0.15) is 52.4 Å². The molecule has 0 aromatic carbocycles. The van der Waals surface area contributed by atoms with Crippen molar-refractivity contribution in [3.8, 4) is 0 Å². The predicted molar refractivity (Wildman–Crippen MR) is 75.5 cm³/mol. The second-order valence-electron chi connectivity index (χ2n) is 6.12. The third-order valence-corrected chi connectivity index (χ3v) is 3.67. The van der Waals surface area contributed by atoms with E-state index in [1.165, 1.54) is 12.8 Å². The fourth-order valence-corrected chi connectivity index (χ4v) is 2.37. The molecule has 18 heavy (non-hydrogen) atoms. The first kappa shape index (κ1) is 15.3. The van der Waals surface area contributed by atoms with Gasteiger partial charge in [-0.05, 0) is 37.6 Å². The molecular weight excluding hydrogens is 226 g/mol. The molecule has 0 radical (unpaired) electrons. The molecule has 1 saturated heterocycles. The molecule has 1 fully saturated rings. The molecule has 3 N–H and O–H groups in total. The van der Waals surface area contributed by atoms with Crippen LogP contribution in [0.15, 0.2) is 0 Å². The van der Waals surface area contributed by atoms with Gasteiger partial charge in [0.1, 0.15) is 0 Å². The second-order valence-corrected chi connectivity index (χ2v) is 6.12. The van der Waals surface area contributed by atoms with E-state index in [1.807, 2.05) is 4.90 Å². The molecule has 1 aliphatic heterocycles. The zero-order valence-corrected chi connectivity index (χ0v) is 12.0. The van der Waals surface area contributed by atoms with Crippen LogP contribution in [-0.4, -0.2) is 37.1 Å². The second kappa shape index (κ2) is 7.62. The summed E-state index contributed by atoms with van der Waals surface area (Å²) < 4.78 is 0. The molecule has 4 nitrogen and oxygen atoms in total. The Hall–Kier alpha value is -0.770.